The third-order valence-corrected chi connectivity index (χ3v) is 4.75. The molecule has 0 aliphatic rings. The highest BCUT2D eigenvalue weighted by molar-refractivity contribution is 7.15. The highest BCUT2D eigenvalue weighted by atomic mass is 35.5. The van der Waals surface area contributed by atoms with Gasteiger partial charge >= 0.3 is 5.69 Å². The maximum absolute atomic E-state index is 11.2. The lowest BCUT2D eigenvalue weighted by atomic mass is 10.2. The Hall–Kier alpha value is -3.31. The zero-order chi connectivity index (χ0) is 19.0. The third kappa shape index (κ3) is 3.13. The van der Waals surface area contributed by atoms with E-state index < -0.39 is 10.6 Å². The molecule has 27 heavy (non-hydrogen) atoms. The van der Waals surface area contributed by atoms with Gasteiger partial charge < -0.3 is 10.1 Å². The molecule has 1 N–H and O–H groups in total. The average molecular weight is 404 g/mol. The number of aromatic nitrogens is 5. The van der Waals surface area contributed by atoms with Crippen LogP contribution in [-0.4, -0.2) is 36.6 Å². The van der Waals surface area contributed by atoms with Gasteiger partial charge in [0.2, 0.25) is 21.9 Å². The summed E-state index contributed by atoms with van der Waals surface area (Å²) in [5.74, 6) is 0.831. The quantitative estimate of drug-likeness (QED) is 0.305. The number of hydrogen-bond acceptors (Lipinski definition) is 9. The maximum Gasteiger partial charge on any atom is 0.348 e. The number of nitrogens with zero attached hydrogens (tertiary/aromatic N) is 6. The number of hydrogen-bond donors (Lipinski definition) is 1. The summed E-state index contributed by atoms with van der Waals surface area (Å²) in [6.45, 7) is 0. The van der Waals surface area contributed by atoms with Crippen molar-refractivity contribution in [2.24, 2.45) is 0 Å². The molecule has 0 saturated carbocycles. The molecular formula is C15H10ClN7O3S. The van der Waals surface area contributed by atoms with E-state index in [9.17, 15) is 10.1 Å². The first kappa shape index (κ1) is 17.1. The van der Waals surface area contributed by atoms with E-state index >= 15 is 0 Å². The van der Waals surface area contributed by atoms with Gasteiger partial charge in [-0.25, -0.2) is 14.5 Å². The molecule has 0 unspecified atom stereocenters. The minimum absolute atomic E-state index is 0.0794. The Kier molecular flexibility index (Phi) is 4.30. The second kappa shape index (κ2) is 6.78. The first-order chi connectivity index (χ1) is 13.1. The SMILES string of the molecule is COc1ccc(-c2csc3nc(Nc4ncnc(Cl)c4[N+](=O)[O-])nn23)cc1. The van der Waals surface area contributed by atoms with Crippen LogP contribution in [0.5, 0.6) is 5.75 Å². The molecule has 3 aromatic heterocycles. The van der Waals surface area contributed by atoms with Crippen LogP contribution in [0.1, 0.15) is 0 Å². The molecule has 0 spiro atoms. The summed E-state index contributed by atoms with van der Waals surface area (Å²) in [5, 5.41) is 19.9. The standard InChI is InChI=1S/C15H10ClN7O3S/c1-26-9-4-2-8(3-5-9)10-6-27-15-20-14(21-22(10)15)19-13-11(23(24)25)12(16)17-7-18-13/h2-7H,1H3,(H,17,18,19,21). The van der Waals surface area contributed by atoms with Gasteiger partial charge in [0.1, 0.15) is 12.1 Å². The number of rotatable bonds is 5. The van der Waals surface area contributed by atoms with E-state index in [4.69, 9.17) is 16.3 Å². The van der Waals surface area contributed by atoms with Crippen LogP contribution in [0, 0.1) is 10.1 Å². The molecule has 136 valence electrons. The number of ether oxygens (including phenoxy) is 1. The van der Waals surface area contributed by atoms with Crippen molar-refractivity contribution in [3.63, 3.8) is 0 Å². The van der Waals surface area contributed by atoms with Crippen LogP contribution in [0.2, 0.25) is 5.15 Å². The first-order valence-corrected chi connectivity index (χ1v) is 8.73. The van der Waals surface area contributed by atoms with E-state index in [1.165, 1.54) is 11.3 Å². The van der Waals surface area contributed by atoms with Crippen molar-refractivity contribution in [3.8, 4) is 17.0 Å². The highest BCUT2D eigenvalue weighted by Gasteiger charge is 2.23. The molecule has 0 fully saturated rings. The Bertz CT molecular complexity index is 1140. The van der Waals surface area contributed by atoms with Crippen molar-refractivity contribution < 1.29 is 9.66 Å². The van der Waals surface area contributed by atoms with Crippen molar-refractivity contribution in [2.75, 3.05) is 12.4 Å². The summed E-state index contributed by atoms with van der Waals surface area (Å²) in [7, 11) is 1.60. The van der Waals surface area contributed by atoms with Crippen LogP contribution in [0.3, 0.4) is 0 Å². The highest BCUT2D eigenvalue weighted by Crippen LogP contribution is 2.31. The van der Waals surface area contributed by atoms with Gasteiger partial charge in [-0.05, 0) is 24.3 Å². The van der Waals surface area contributed by atoms with Gasteiger partial charge in [0.25, 0.3) is 0 Å². The number of benzene rings is 1. The van der Waals surface area contributed by atoms with Crippen molar-refractivity contribution in [3.05, 3.63) is 51.2 Å². The van der Waals surface area contributed by atoms with Gasteiger partial charge in [0, 0.05) is 10.9 Å². The molecule has 0 aliphatic carbocycles. The summed E-state index contributed by atoms with van der Waals surface area (Å²) in [6, 6.07) is 7.51. The van der Waals surface area contributed by atoms with Crippen LogP contribution >= 0.6 is 22.9 Å². The van der Waals surface area contributed by atoms with Crippen molar-refractivity contribution in [1.82, 2.24) is 24.6 Å². The van der Waals surface area contributed by atoms with Gasteiger partial charge in [0.15, 0.2) is 0 Å². The molecule has 12 heteroatoms. The van der Waals surface area contributed by atoms with Crippen molar-refractivity contribution in [2.45, 2.75) is 0 Å². The second-order valence-electron chi connectivity index (χ2n) is 5.22. The number of methoxy groups -OCH3 is 1. The summed E-state index contributed by atoms with van der Waals surface area (Å²) in [4.78, 5) is 23.0. The zero-order valence-electron chi connectivity index (χ0n) is 13.7. The molecule has 4 aromatic rings. The number of fused-ring (bicyclic) bond motifs is 1. The lowest BCUT2D eigenvalue weighted by molar-refractivity contribution is -0.384. The number of nitro groups is 1. The first-order valence-electron chi connectivity index (χ1n) is 7.47. The molecule has 0 bridgehead atoms. The van der Waals surface area contributed by atoms with Gasteiger partial charge in [-0.2, -0.15) is 4.98 Å². The van der Waals surface area contributed by atoms with E-state index in [-0.39, 0.29) is 16.9 Å². The Morgan fingerprint density at radius 2 is 2.07 bits per heavy atom. The molecule has 4 rings (SSSR count). The summed E-state index contributed by atoms with van der Waals surface area (Å²) < 4.78 is 6.81. The van der Waals surface area contributed by atoms with Crippen molar-refractivity contribution in [1.29, 1.82) is 0 Å². The fourth-order valence-corrected chi connectivity index (χ4v) is 3.44. The largest absolute Gasteiger partial charge is 0.497 e. The summed E-state index contributed by atoms with van der Waals surface area (Å²) in [6.07, 6.45) is 1.12. The van der Waals surface area contributed by atoms with Crippen LogP contribution in [0.4, 0.5) is 17.5 Å². The average Bonchev–Trinajstić information content (AvgIpc) is 3.21. The molecule has 0 amide bonds. The maximum atomic E-state index is 11.2. The summed E-state index contributed by atoms with van der Waals surface area (Å²) in [5.41, 5.74) is 1.32. The molecule has 0 atom stereocenters. The molecular weight excluding hydrogens is 394 g/mol. The Labute approximate surface area is 160 Å². The Morgan fingerprint density at radius 3 is 2.78 bits per heavy atom. The van der Waals surface area contributed by atoms with E-state index in [0.29, 0.717) is 4.96 Å². The monoisotopic (exact) mass is 403 g/mol. The van der Waals surface area contributed by atoms with Crippen LogP contribution in [-0.2, 0) is 0 Å². The van der Waals surface area contributed by atoms with Crippen LogP contribution in [0.15, 0.2) is 36.0 Å². The minimum atomic E-state index is -0.661. The fourth-order valence-electron chi connectivity index (χ4n) is 2.41. The number of anilines is 2. The van der Waals surface area contributed by atoms with E-state index in [2.05, 4.69) is 25.4 Å². The number of halogens is 1. The van der Waals surface area contributed by atoms with E-state index in [0.717, 1.165) is 23.3 Å². The van der Waals surface area contributed by atoms with E-state index in [1.54, 1.807) is 11.6 Å². The number of nitrogens with one attached hydrogen (secondary N) is 1. The molecule has 10 nitrogen and oxygen atoms in total. The van der Waals surface area contributed by atoms with Crippen LogP contribution in [0.25, 0.3) is 16.2 Å². The zero-order valence-corrected chi connectivity index (χ0v) is 15.2. The fraction of sp³-hybridized carbons (Fsp3) is 0.0667. The lowest BCUT2D eigenvalue weighted by Crippen LogP contribution is -2.03. The topological polar surface area (TPSA) is 120 Å². The normalized spacial score (nSPS) is 10.9. The van der Waals surface area contributed by atoms with E-state index in [1.807, 2.05) is 29.6 Å². The van der Waals surface area contributed by atoms with Crippen LogP contribution < -0.4 is 10.1 Å². The van der Waals surface area contributed by atoms with Gasteiger partial charge in [-0.15, -0.1) is 16.4 Å². The molecule has 0 radical (unpaired) electrons. The molecule has 3 heterocycles. The summed E-state index contributed by atoms with van der Waals surface area (Å²) >= 11 is 7.18. The lowest BCUT2D eigenvalue weighted by Gasteiger charge is -2.03. The molecule has 0 aliphatic heterocycles. The molecule has 0 saturated heterocycles. The minimum Gasteiger partial charge on any atom is -0.497 e. The molecule has 1 aromatic carbocycles. The second-order valence-corrected chi connectivity index (χ2v) is 6.42. The predicted molar refractivity (Wildman–Crippen MR) is 99.8 cm³/mol. The Morgan fingerprint density at radius 1 is 1.30 bits per heavy atom. The van der Waals surface area contributed by atoms with Gasteiger partial charge in [-0.3, -0.25) is 10.1 Å². The smallest absolute Gasteiger partial charge is 0.348 e. The predicted octanol–water partition coefficient (Wildman–Crippen LogP) is 3.56. The van der Waals surface area contributed by atoms with Crippen molar-refractivity contribution >= 4 is 45.4 Å². The van der Waals surface area contributed by atoms with Gasteiger partial charge in [-0.1, -0.05) is 11.6 Å². The Balaban J connectivity index is 1.70. The number of thiazole rings is 1. The van der Waals surface area contributed by atoms with Gasteiger partial charge in [0.05, 0.1) is 17.7 Å². The third-order valence-electron chi connectivity index (χ3n) is 3.66.